The summed E-state index contributed by atoms with van der Waals surface area (Å²) in [6.07, 6.45) is -4.45. The third-order valence-electron chi connectivity index (χ3n) is 1.45. The van der Waals surface area contributed by atoms with Crippen LogP contribution in [0.25, 0.3) is 0 Å². The van der Waals surface area contributed by atoms with Crippen molar-refractivity contribution in [1.82, 2.24) is 0 Å². The van der Waals surface area contributed by atoms with E-state index in [2.05, 4.69) is 0 Å². The van der Waals surface area contributed by atoms with Crippen molar-refractivity contribution < 1.29 is 22.4 Å². The number of benzene rings is 1. The first-order valence-corrected chi connectivity index (χ1v) is 3.51. The van der Waals surface area contributed by atoms with Gasteiger partial charge in [-0.3, -0.25) is 4.79 Å². The molecule has 2 nitrogen and oxygen atoms in total. The Labute approximate surface area is 76.5 Å². The predicted molar refractivity (Wildman–Crippen MR) is 41.1 cm³/mol. The molecule has 0 radical (unpaired) electrons. The molecule has 0 unspecified atom stereocenters. The molecule has 0 aliphatic rings. The zero-order chi connectivity index (χ0) is 10.8. The predicted octanol–water partition coefficient (Wildman–Crippen LogP) is 2.41. The molecule has 1 aromatic carbocycles. The first kappa shape index (κ1) is 10.5. The van der Waals surface area contributed by atoms with Crippen LogP contribution in [0.5, 0.6) is 0 Å². The molecule has 0 bridgehead atoms. The van der Waals surface area contributed by atoms with Crippen LogP contribution in [0, 0.1) is 5.82 Å². The fraction of sp³-hybridized carbons (Fsp3) is 0.125. The lowest BCUT2D eigenvalue weighted by Gasteiger charge is -2.08. The molecule has 0 fully saturated rings. The topological polar surface area (TPSA) is 29.1 Å². The van der Waals surface area contributed by atoms with Gasteiger partial charge in [0.2, 0.25) is 6.41 Å². The maximum Gasteiger partial charge on any atom is 0.416 e. The van der Waals surface area contributed by atoms with E-state index in [1.165, 1.54) is 0 Å². The standard InChI is InChI=1S/C8H5F4NO/c9-6-1-5(8(10,11)12)2-7(3-6)13-4-14/h1-4H,(H,13,14). The van der Waals surface area contributed by atoms with Gasteiger partial charge in [-0.1, -0.05) is 0 Å². The highest BCUT2D eigenvalue weighted by atomic mass is 19.4. The van der Waals surface area contributed by atoms with E-state index >= 15 is 0 Å². The van der Waals surface area contributed by atoms with Gasteiger partial charge in [-0.2, -0.15) is 13.2 Å². The highest BCUT2D eigenvalue weighted by Crippen LogP contribution is 2.31. The second kappa shape index (κ2) is 3.65. The molecular formula is C8H5F4NO. The van der Waals surface area contributed by atoms with Crippen LogP contribution in [0.4, 0.5) is 23.2 Å². The zero-order valence-electron chi connectivity index (χ0n) is 6.73. The molecule has 0 saturated heterocycles. The molecule has 0 spiro atoms. The minimum atomic E-state index is -4.62. The minimum absolute atomic E-state index is 0.176. The fourth-order valence-electron chi connectivity index (χ4n) is 0.905. The first-order chi connectivity index (χ1) is 6.43. The number of hydrogen-bond acceptors (Lipinski definition) is 1. The van der Waals surface area contributed by atoms with Gasteiger partial charge in [-0.15, -0.1) is 0 Å². The van der Waals surface area contributed by atoms with E-state index in [4.69, 9.17) is 0 Å². The summed E-state index contributed by atoms with van der Waals surface area (Å²) in [6, 6.07) is 1.80. The molecule has 0 atom stereocenters. The van der Waals surface area contributed by atoms with Crippen LogP contribution in [-0.4, -0.2) is 6.41 Å². The van der Waals surface area contributed by atoms with Crippen molar-refractivity contribution in [3.63, 3.8) is 0 Å². The second-order valence-electron chi connectivity index (χ2n) is 2.49. The molecule has 0 aromatic heterocycles. The van der Waals surface area contributed by atoms with E-state index in [1.54, 1.807) is 0 Å². The Bertz CT molecular complexity index is 348. The van der Waals surface area contributed by atoms with Crippen molar-refractivity contribution in [2.45, 2.75) is 6.18 Å². The monoisotopic (exact) mass is 207 g/mol. The highest BCUT2D eigenvalue weighted by molar-refractivity contribution is 5.71. The maximum absolute atomic E-state index is 12.6. The number of alkyl halides is 3. The van der Waals surface area contributed by atoms with Crippen molar-refractivity contribution in [1.29, 1.82) is 0 Å². The molecular weight excluding hydrogens is 202 g/mol. The van der Waals surface area contributed by atoms with E-state index in [0.29, 0.717) is 12.1 Å². The number of nitrogens with one attached hydrogen (secondary N) is 1. The molecule has 0 aliphatic carbocycles. The Morgan fingerprint density at radius 2 is 1.86 bits per heavy atom. The van der Waals surface area contributed by atoms with Gasteiger partial charge in [-0.05, 0) is 18.2 Å². The molecule has 0 saturated carbocycles. The summed E-state index contributed by atoms with van der Waals surface area (Å²) >= 11 is 0. The number of anilines is 1. The fourth-order valence-corrected chi connectivity index (χ4v) is 0.905. The number of rotatable bonds is 2. The van der Waals surface area contributed by atoms with Crippen LogP contribution in [0.1, 0.15) is 5.56 Å². The number of halogens is 4. The van der Waals surface area contributed by atoms with Crippen LogP contribution in [0.3, 0.4) is 0 Å². The lowest BCUT2D eigenvalue weighted by Crippen LogP contribution is -2.06. The number of carbonyl (C=O) groups excluding carboxylic acids is 1. The average Bonchev–Trinajstić information content (AvgIpc) is 2.02. The third-order valence-corrected chi connectivity index (χ3v) is 1.45. The van der Waals surface area contributed by atoms with Crippen LogP contribution in [0.2, 0.25) is 0 Å². The quantitative estimate of drug-likeness (QED) is 0.585. The largest absolute Gasteiger partial charge is 0.416 e. The Morgan fingerprint density at radius 3 is 2.36 bits per heavy atom. The van der Waals surface area contributed by atoms with Crippen LogP contribution in [0.15, 0.2) is 18.2 Å². The Balaban J connectivity index is 3.13. The molecule has 1 aromatic rings. The van der Waals surface area contributed by atoms with E-state index in [-0.39, 0.29) is 12.1 Å². The Morgan fingerprint density at radius 1 is 1.21 bits per heavy atom. The van der Waals surface area contributed by atoms with Crippen LogP contribution < -0.4 is 5.32 Å². The first-order valence-electron chi connectivity index (χ1n) is 3.51. The van der Waals surface area contributed by atoms with E-state index < -0.39 is 17.6 Å². The van der Waals surface area contributed by atoms with Gasteiger partial charge in [0.05, 0.1) is 5.56 Å². The van der Waals surface area contributed by atoms with Gasteiger partial charge in [0, 0.05) is 5.69 Å². The highest BCUT2D eigenvalue weighted by Gasteiger charge is 2.31. The average molecular weight is 207 g/mol. The van der Waals surface area contributed by atoms with Gasteiger partial charge < -0.3 is 5.32 Å². The third kappa shape index (κ3) is 2.45. The molecule has 1 rings (SSSR count). The lowest BCUT2D eigenvalue weighted by atomic mass is 10.2. The summed E-state index contributed by atoms with van der Waals surface area (Å²) in [5, 5.41) is 1.94. The van der Waals surface area contributed by atoms with Gasteiger partial charge >= 0.3 is 6.18 Å². The molecule has 0 heterocycles. The Kier molecular flexibility index (Phi) is 2.73. The van der Waals surface area contributed by atoms with Gasteiger partial charge in [-0.25, -0.2) is 4.39 Å². The van der Waals surface area contributed by atoms with Crippen molar-refractivity contribution in [2.75, 3.05) is 5.32 Å². The van der Waals surface area contributed by atoms with Crippen molar-refractivity contribution >= 4 is 12.1 Å². The van der Waals surface area contributed by atoms with E-state index in [1.807, 2.05) is 5.32 Å². The van der Waals surface area contributed by atoms with Crippen LogP contribution >= 0.6 is 0 Å². The Hall–Kier alpha value is -1.59. The van der Waals surface area contributed by atoms with Crippen LogP contribution in [-0.2, 0) is 11.0 Å². The molecule has 1 amide bonds. The molecule has 76 valence electrons. The summed E-state index contributed by atoms with van der Waals surface area (Å²) in [6.45, 7) is 0. The molecule has 14 heavy (non-hydrogen) atoms. The second-order valence-corrected chi connectivity index (χ2v) is 2.49. The van der Waals surface area contributed by atoms with E-state index in [9.17, 15) is 22.4 Å². The van der Waals surface area contributed by atoms with Gasteiger partial charge in [0.25, 0.3) is 0 Å². The summed E-state index contributed by atoms with van der Waals surface area (Å²) in [5.74, 6) is -1.05. The number of carbonyl (C=O) groups is 1. The van der Waals surface area contributed by atoms with E-state index in [0.717, 1.165) is 6.07 Å². The minimum Gasteiger partial charge on any atom is -0.329 e. The molecule has 6 heteroatoms. The molecule has 0 aliphatic heterocycles. The van der Waals surface area contributed by atoms with Crippen molar-refractivity contribution in [3.05, 3.63) is 29.6 Å². The van der Waals surface area contributed by atoms with Crippen molar-refractivity contribution in [3.8, 4) is 0 Å². The summed E-state index contributed by atoms with van der Waals surface area (Å²) in [5.41, 5.74) is -1.37. The lowest BCUT2D eigenvalue weighted by molar-refractivity contribution is -0.137. The number of amides is 1. The maximum atomic E-state index is 12.6. The SMILES string of the molecule is O=CNc1cc(F)cc(C(F)(F)F)c1. The number of hydrogen-bond donors (Lipinski definition) is 1. The summed E-state index contributed by atoms with van der Waals surface area (Å²) in [4.78, 5) is 9.93. The smallest absolute Gasteiger partial charge is 0.329 e. The van der Waals surface area contributed by atoms with Gasteiger partial charge in [0.1, 0.15) is 5.82 Å². The van der Waals surface area contributed by atoms with Crippen molar-refractivity contribution in [2.24, 2.45) is 0 Å². The summed E-state index contributed by atoms with van der Waals surface area (Å²) < 4.78 is 48.9. The molecule has 1 N–H and O–H groups in total. The normalized spacial score (nSPS) is 11.1. The summed E-state index contributed by atoms with van der Waals surface area (Å²) in [7, 11) is 0. The zero-order valence-corrected chi connectivity index (χ0v) is 6.73. The van der Waals surface area contributed by atoms with Gasteiger partial charge in [0.15, 0.2) is 0 Å².